The topological polar surface area (TPSA) is 65.5 Å². The van der Waals surface area contributed by atoms with Gasteiger partial charge in [-0.05, 0) is 80.7 Å². The van der Waals surface area contributed by atoms with Crippen molar-refractivity contribution < 1.29 is 9.59 Å². The molecule has 0 unspecified atom stereocenters. The second kappa shape index (κ2) is 10.1. The maximum absolute atomic E-state index is 12.9. The molecule has 1 aromatic heterocycles. The minimum absolute atomic E-state index is 0.0723. The molecule has 1 N–H and O–H groups in total. The van der Waals surface area contributed by atoms with Crippen LogP contribution >= 0.6 is 0 Å². The van der Waals surface area contributed by atoms with E-state index in [9.17, 15) is 9.59 Å². The minimum Gasteiger partial charge on any atom is -0.356 e. The van der Waals surface area contributed by atoms with Crippen molar-refractivity contribution in [1.29, 1.82) is 0 Å². The second-order valence-electron chi connectivity index (χ2n) is 9.04. The van der Waals surface area contributed by atoms with E-state index in [1.807, 2.05) is 35.2 Å². The number of hydrogen-bond donors (Lipinski definition) is 1. The summed E-state index contributed by atoms with van der Waals surface area (Å²) in [6, 6.07) is 17.2. The van der Waals surface area contributed by atoms with Crippen LogP contribution in [0.1, 0.15) is 48.0 Å². The van der Waals surface area contributed by atoms with Crippen LogP contribution in [-0.2, 0) is 0 Å². The molecule has 0 atom stereocenters. The Bertz CT molecular complexity index is 1210. The Morgan fingerprint density at radius 1 is 0.853 bits per heavy atom. The Balaban J connectivity index is 1.31. The molecular weight excluding hydrogens is 424 g/mol. The van der Waals surface area contributed by atoms with Crippen LogP contribution in [0.15, 0.2) is 60.7 Å². The molecule has 174 valence electrons. The molecule has 0 saturated carbocycles. The first-order chi connectivity index (χ1) is 16.7. The van der Waals surface area contributed by atoms with Crippen molar-refractivity contribution in [2.24, 2.45) is 0 Å². The van der Waals surface area contributed by atoms with Crippen LogP contribution in [-0.4, -0.2) is 47.9 Å². The SMILES string of the molecule is O=C(/C=C/c1cc2ccccc2nc1N1CCCC1)c1ccc(NC(=O)N2CCCCC2)cc1. The van der Waals surface area contributed by atoms with Gasteiger partial charge in [0, 0.05) is 48.4 Å². The van der Waals surface area contributed by atoms with Gasteiger partial charge in [-0.3, -0.25) is 4.79 Å². The second-order valence-corrected chi connectivity index (χ2v) is 9.04. The summed E-state index contributed by atoms with van der Waals surface area (Å²) in [5.74, 6) is 0.866. The number of hydrogen-bond acceptors (Lipinski definition) is 4. The van der Waals surface area contributed by atoms with Crippen molar-refractivity contribution in [3.05, 3.63) is 71.8 Å². The van der Waals surface area contributed by atoms with E-state index in [-0.39, 0.29) is 11.8 Å². The summed E-state index contributed by atoms with van der Waals surface area (Å²) < 4.78 is 0. The zero-order chi connectivity index (χ0) is 23.3. The summed E-state index contributed by atoms with van der Waals surface area (Å²) in [6.45, 7) is 3.59. The maximum atomic E-state index is 12.9. The summed E-state index contributed by atoms with van der Waals surface area (Å²) in [5.41, 5.74) is 3.21. The lowest BCUT2D eigenvalue weighted by molar-refractivity contribution is 0.104. The van der Waals surface area contributed by atoms with Gasteiger partial charge in [0.25, 0.3) is 0 Å². The van der Waals surface area contributed by atoms with Gasteiger partial charge in [0.1, 0.15) is 5.82 Å². The highest BCUT2D eigenvalue weighted by Crippen LogP contribution is 2.27. The quantitative estimate of drug-likeness (QED) is 0.394. The average molecular weight is 455 g/mol. The first-order valence-electron chi connectivity index (χ1n) is 12.2. The zero-order valence-corrected chi connectivity index (χ0v) is 19.4. The van der Waals surface area contributed by atoms with Gasteiger partial charge in [-0.25, -0.2) is 9.78 Å². The third-order valence-corrected chi connectivity index (χ3v) is 6.62. The largest absolute Gasteiger partial charge is 0.356 e. The van der Waals surface area contributed by atoms with Gasteiger partial charge in [0.05, 0.1) is 5.52 Å². The molecule has 0 aliphatic carbocycles. The van der Waals surface area contributed by atoms with Crippen LogP contribution in [0.5, 0.6) is 0 Å². The van der Waals surface area contributed by atoms with Gasteiger partial charge in [-0.2, -0.15) is 0 Å². The lowest BCUT2D eigenvalue weighted by Crippen LogP contribution is -2.38. The number of piperidine rings is 1. The fourth-order valence-corrected chi connectivity index (χ4v) is 4.71. The number of anilines is 2. The van der Waals surface area contributed by atoms with Gasteiger partial charge in [0.15, 0.2) is 5.78 Å². The van der Waals surface area contributed by atoms with Crippen molar-refractivity contribution in [3.63, 3.8) is 0 Å². The number of urea groups is 1. The number of benzene rings is 2. The van der Waals surface area contributed by atoms with Crippen LogP contribution < -0.4 is 10.2 Å². The zero-order valence-electron chi connectivity index (χ0n) is 19.4. The highest BCUT2D eigenvalue weighted by atomic mass is 16.2. The van der Waals surface area contributed by atoms with Crippen LogP contribution in [0.2, 0.25) is 0 Å². The van der Waals surface area contributed by atoms with Gasteiger partial charge in [-0.15, -0.1) is 0 Å². The van der Waals surface area contributed by atoms with Crippen LogP contribution in [0.25, 0.3) is 17.0 Å². The number of ketones is 1. The Hall–Kier alpha value is -3.67. The number of carbonyl (C=O) groups excluding carboxylic acids is 2. The molecule has 2 fully saturated rings. The number of para-hydroxylation sites is 1. The van der Waals surface area contributed by atoms with Crippen LogP contribution in [0.3, 0.4) is 0 Å². The Morgan fingerprint density at radius 2 is 1.56 bits per heavy atom. The van der Waals surface area contributed by atoms with Crippen molar-refractivity contribution in [3.8, 4) is 0 Å². The normalized spacial score (nSPS) is 16.4. The van der Waals surface area contributed by atoms with Crippen molar-refractivity contribution >= 4 is 40.3 Å². The molecule has 6 nitrogen and oxygen atoms in total. The fourth-order valence-electron chi connectivity index (χ4n) is 4.71. The number of rotatable bonds is 5. The molecule has 0 bridgehead atoms. The molecule has 0 spiro atoms. The molecule has 6 heteroatoms. The molecule has 5 rings (SSSR count). The van der Waals surface area contributed by atoms with E-state index in [2.05, 4.69) is 16.3 Å². The lowest BCUT2D eigenvalue weighted by atomic mass is 10.1. The van der Waals surface area contributed by atoms with Gasteiger partial charge in [-0.1, -0.05) is 18.2 Å². The Morgan fingerprint density at radius 3 is 2.32 bits per heavy atom. The summed E-state index contributed by atoms with van der Waals surface area (Å²) in [5, 5.41) is 4.00. The molecule has 2 aliphatic rings. The predicted octanol–water partition coefficient (Wildman–Crippen LogP) is 5.75. The number of allylic oxidation sites excluding steroid dienone is 1. The van der Waals surface area contributed by atoms with Gasteiger partial charge in [0.2, 0.25) is 0 Å². The number of pyridine rings is 1. The van der Waals surface area contributed by atoms with E-state index in [1.165, 1.54) is 6.42 Å². The first kappa shape index (κ1) is 22.1. The molecule has 0 radical (unpaired) electrons. The summed E-state index contributed by atoms with van der Waals surface area (Å²) >= 11 is 0. The Labute approximate surface area is 200 Å². The molecule has 2 aromatic carbocycles. The third kappa shape index (κ3) is 4.96. The maximum Gasteiger partial charge on any atom is 0.321 e. The smallest absolute Gasteiger partial charge is 0.321 e. The number of carbonyl (C=O) groups is 2. The minimum atomic E-state index is -0.0746. The third-order valence-electron chi connectivity index (χ3n) is 6.62. The van der Waals surface area contributed by atoms with Crippen LogP contribution in [0.4, 0.5) is 16.3 Å². The summed E-state index contributed by atoms with van der Waals surface area (Å²) in [7, 11) is 0. The van der Waals surface area contributed by atoms with Crippen molar-refractivity contribution in [2.45, 2.75) is 32.1 Å². The monoisotopic (exact) mass is 454 g/mol. The fraction of sp³-hybridized carbons (Fsp3) is 0.321. The predicted molar refractivity (Wildman–Crippen MR) is 137 cm³/mol. The number of likely N-dealkylation sites (tertiary alicyclic amines) is 1. The van der Waals surface area contributed by atoms with E-state index in [0.29, 0.717) is 11.3 Å². The highest BCUT2D eigenvalue weighted by molar-refractivity contribution is 6.07. The van der Waals surface area contributed by atoms with E-state index in [1.54, 1.807) is 30.3 Å². The lowest BCUT2D eigenvalue weighted by Gasteiger charge is -2.26. The molecule has 2 saturated heterocycles. The average Bonchev–Trinajstić information content (AvgIpc) is 3.42. The number of nitrogens with one attached hydrogen (secondary N) is 1. The number of nitrogens with zero attached hydrogens (tertiary/aromatic N) is 3. The first-order valence-corrected chi connectivity index (χ1v) is 12.2. The van der Waals surface area contributed by atoms with Crippen LogP contribution in [0, 0.1) is 0 Å². The molecule has 3 heterocycles. The standard InChI is InChI=1S/C28H30N4O2/c33-26(21-10-13-24(14-11-21)29-28(34)32-18-4-1-5-19-32)15-12-23-20-22-8-2-3-9-25(22)30-27(23)31-16-6-7-17-31/h2-3,8-15,20H,1,4-7,16-19H2,(H,29,34)/b15-12+. The molecule has 34 heavy (non-hydrogen) atoms. The van der Waals surface area contributed by atoms with E-state index in [0.717, 1.165) is 74.1 Å². The number of fused-ring (bicyclic) bond motifs is 1. The van der Waals surface area contributed by atoms with E-state index >= 15 is 0 Å². The van der Waals surface area contributed by atoms with Gasteiger partial charge < -0.3 is 15.1 Å². The van der Waals surface area contributed by atoms with Crippen molar-refractivity contribution in [1.82, 2.24) is 9.88 Å². The molecule has 2 amide bonds. The Kier molecular flexibility index (Phi) is 6.56. The summed E-state index contributed by atoms with van der Waals surface area (Å²) in [6.07, 6.45) is 9.12. The number of amides is 2. The van der Waals surface area contributed by atoms with Gasteiger partial charge >= 0.3 is 6.03 Å². The molecular formula is C28H30N4O2. The summed E-state index contributed by atoms with van der Waals surface area (Å²) in [4.78, 5) is 34.3. The molecule has 2 aliphatic heterocycles. The van der Waals surface area contributed by atoms with Crippen molar-refractivity contribution in [2.75, 3.05) is 36.4 Å². The van der Waals surface area contributed by atoms with E-state index in [4.69, 9.17) is 4.98 Å². The highest BCUT2D eigenvalue weighted by Gasteiger charge is 2.18. The molecule has 3 aromatic rings. The van der Waals surface area contributed by atoms with E-state index < -0.39 is 0 Å². The number of aromatic nitrogens is 1.